The topological polar surface area (TPSA) is 30.5 Å². The lowest BCUT2D eigenvalue weighted by Crippen LogP contribution is -2.04. The fraction of sp³-hybridized carbons (Fsp3) is 0.182. The first-order chi connectivity index (χ1) is 13.5. The minimum atomic E-state index is 0.423. The van der Waals surface area contributed by atoms with E-state index in [0.717, 1.165) is 36.7 Å². The zero-order valence-electron chi connectivity index (χ0n) is 15.6. The molecule has 3 aromatic rings. The molecule has 0 aliphatic carbocycles. The molecule has 146 valence electrons. The van der Waals surface area contributed by atoms with Crippen LogP contribution in [0, 0.1) is 10.5 Å². The molecule has 0 radical (unpaired) electrons. The van der Waals surface area contributed by atoms with Crippen molar-refractivity contribution in [2.75, 3.05) is 12.4 Å². The van der Waals surface area contributed by atoms with Crippen molar-refractivity contribution in [3.8, 4) is 11.5 Å². The SMILES string of the molecule is COc1cc(CNc2cccc(Cl)c2C)cc(I)c1OCc1cccc(Cl)c1. The maximum Gasteiger partial charge on any atom is 0.174 e. The van der Waals surface area contributed by atoms with Gasteiger partial charge in [0.1, 0.15) is 6.61 Å². The molecular formula is C22H20Cl2INO2. The van der Waals surface area contributed by atoms with E-state index in [9.17, 15) is 0 Å². The van der Waals surface area contributed by atoms with Crippen molar-refractivity contribution >= 4 is 51.5 Å². The Bertz CT molecular complexity index is 979. The number of hydrogen-bond acceptors (Lipinski definition) is 3. The van der Waals surface area contributed by atoms with Gasteiger partial charge in [0.25, 0.3) is 0 Å². The Morgan fingerprint density at radius 1 is 1.00 bits per heavy atom. The van der Waals surface area contributed by atoms with Crippen LogP contribution < -0.4 is 14.8 Å². The quantitative estimate of drug-likeness (QED) is 0.332. The van der Waals surface area contributed by atoms with Crippen LogP contribution in [-0.4, -0.2) is 7.11 Å². The summed E-state index contributed by atoms with van der Waals surface area (Å²) < 4.78 is 12.6. The van der Waals surface area contributed by atoms with E-state index in [2.05, 4.69) is 34.0 Å². The zero-order valence-corrected chi connectivity index (χ0v) is 19.2. The number of methoxy groups -OCH3 is 1. The molecule has 0 aromatic heterocycles. The summed E-state index contributed by atoms with van der Waals surface area (Å²) in [6.07, 6.45) is 0. The molecule has 28 heavy (non-hydrogen) atoms. The fourth-order valence-electron chi connectivity index (χ4n) is 2.79. The van der Waals surface area contributed by atoms with E-state index in [4.69, 9.17) is 32.7 Å². The molecule has 0 fully saturated rings. The summed E-state index contributed by atoms with van der Waals surface area (Å²) in [7, 11) is 1.65. The lowest BCUT2D eigenvalue weighted by atomic mass is 10.1. The van der Waals surface area contributed by atoms with Gasteiger partial charge < -0.3 is 14.8 Å². The molecule has 0 spiro atoms. The summed E-state index contributed by atoms with van der Waals surface area (Å²) >= 11 is 14.5. The molecule has 1 N–H and O–H groups in total. The monoisotopic (exact) mass is 527 g/mol. The van der Waals surface area contributed by atoms with Gasteiger partial charge in [0.05, 0.1) is 10.7 Å². The Hall–Kier alpha value is -1.63. The van der Waals surface area contributed by atoms with Gasteiger partial charge in [0, 0.05) is 22.3 Å². The summed E-state index contributed by atoms with van der Waals surface area (Å²) in [4.78, 5) is 0. The fourth-order valence-corrected chi connectivity index (χ4v) is 4.00. The zero-order chi connectivity index (χ0) is 20.1. The van der Waals surface area contributed by atoms with Gasteiger partial charge in [-0.1, -0.05) is 41.4 Å². The number of halogens is 3. The predicted octanol–water partition coefficient (Wildman–Crippen LogP) is 7.11. The second-order valence-corrected chi connectivity index (χ2v) is 8.30. The molecule has 0 aliphatic heterocycles. The predicted molar refractivity (Wildman–Crippen MR) is 125 cm³/mol. The van der Waals surface area contributed by atoms with Gasteiger partial charge in [-0.2, -0.15) is 0 Å². The summed E-state index contributed by atoms with van der Waals surface area (Å²) in [6, 6.07) is 17.6. The van der Waals surface area contributed by atoms with E-state index in [1.54, 1.807) is 7.11 Å². The highest BCUT2D eigenvalue weighted by Gasteiger charge is 2.13. The van der Waals surface area contributed by atoms with Crippen molar-refractivity contribution in [3.05, 3.63) is 84.9 Å². The first kappa shape index (κ1) is 21.1. The van der Waals surface area contributed by atoms with Crippen LogP contribution in [0.1, 0.15) is 16.7 Å². The van der Waals surface area contributed by atoms with Crippen LogP contribution in [0.15, 0.2) is 54.6 Å². The molecule has 0 unspecified atom stereocenters. The average Bonchev–Trinajstić information content (AvgIpc) is 2.68. The van der Waals surface area contributed by atoms with Crippen molar-refractivity contribution in [2.45, 2.75) is 20.1 Å². The molecule has 0 saturated heterocycles. The second-order valence-electron chi connectivity index (χ2n) is 6.29. The number of anilines is 1. The Labute approximate surface area is 189 Å². The molecule has 0 aliphatic rings. The standard InChI is InChI=1S/C22H20Cl2INO2/c1-14-18(24)7-4-8-20(14)26-12-16-10-19(25)22(21(11-16)27-2)28-13-15-5-3-6-17(23)9-15/h3-11,26H,12-13H2,1-2H3. The Balaban J connectivity index is 1.74. The molecular weight excluding hydrogens is 508 g/mol. The second kappa shape index (κ2) is 9.72. The average molecular weight is 528 g/mol. The minimum Gasteiger partial charge on any atom is -0.493 e. The van der Waals surface area contributed by atoms with Gasteiger partial charge in [-0.3, -0.25) is 0 Å². The number of hydrogen-bond donors (Lipinski definition) is 1. The molecule has 0 atom stereocenters. The molecule has 0 bridgehead atoms. The van der Waals surface area contributed by atoms with Gasteiger partial charge in [-0.05, 0) is 82.6 Å². The van der Waals surface area contributed by atoms with Crippen LogP contribution in [0.3, 0.4) is 0 Å². The highest BCUT2D eigenvalue weighted by atomic mass is 127. The van der Waals surface area contributed by atoms with E-state index >= 15 is 0 Å². The lowest BCUT2D eigenvalue weighted by Gasteiger charge is -2.16. The summed E-state index contributed by atoms with van der Waals surface area (Å²) in [6.45, 7) is 3.08. The number of ether oxygens (including phenoxy) is 2. The Morgan fingerprint density at radius 3 is 2.54 bits per heavy atom. The number of rotatable bonds is 7. The van der Waals surface area contributed by atoms with Crippen LogP contribution in [0.4, 0.5) is 5.69 Å². The van der Waals surface area contributed by atoms with Crippen molar-refractivity contribution in [1.82, 2.24) is 0 Å². The highest BCUT2D eigenvalue weighted by molar-refractivity contribution is 14.1. The third-order valence-electron chi connectivity index (χ3n) is 4.31. The molecule has 3 nitrogen and oxygen atoms in total. The third kappa shape index (κ3) is 5.25. The first-order valence-electron chi connectivity index (χ1n) is 8.70. The summed E-state index contributed by atoms with van der Waals surface area (Å²) in [5, 5.41) is 4.88. The summed E-state index contributed by atoms with van der Waals surface area (Å²) in [5.41, 5.74) is 4.15. The van der Waals surface area contributed by atoms with Crippen LogP contribution in [0.2, 0.25) is 10.0 Å². The van der Waals surface area contributed by atoms with Gasteiger partial charge in [-0.15, -0.1) is 0 Å². The van der Waals surface area contributed by atoms with Gasteiger partial charge in [0.2, 0.25) is 0 Å². The van der Waals surface area contributed by atoms with E-state index in [-0.39, 0.29) is 0 Å². The van der Waals surface area contributed by atoms with Gasteiger partial charge >= 0.3 is 0 Å². The first-order valence-corrected chi connectivity index (χ1v) is 10.5. The van der Waals surface area contributed by atoms with E-state index in [1.807, 2.05) is 55.5 Å². The minimum absolute atomic E-state index is 0.423. The number of nitrogens with one attached hydrogen (secondary N) is 1. The van der Waals surface area contributed by atoms with Crippen molar-refractivity contribution < 1.29 is 9.47 Å². The smallest absolute Gasteiger partial charge is 0.174 e. The third-order valence-corrected chi connectivity index (χ3v) is 5.76. The Kier molecular flexibility index (Phi) is 7.32. The molecule has 3 rings (SSSR count). The van der Waals surface area contributed by atoms with Gasteiger partial charge in [0.15, 0.2) is 11.5 Å². The van der Waals surface area contributed by atoms with Crippen molar-refractivity contribution in [1.29, 1.82) is 0 Å². The van der Waals surface area contributed by atoms with Crippen molar-refractivity contribution in [3.63, 3.8) is 0 Å². The lowest BCUT2D eigenvalue weighted by molar-refractivity contribution is 0.282. The van der Waals surface area contributed by atoms with Crippen LogP contribution >= 0.6 is 45.8 Å². The van der Waals surface area contributed by atoms with Crippen LogP contribution in [-0.2, 0) is 13.2 Å². The molecule has 6 heteroatoms. The largest absolute Gasteiger partial charge is 0.493 e. The van der Waals surface area contributed by atoms with E-state index in [1.165, 1.54) is 0 Å². The summed E-state index contributed by atoms with van der Waals surface area (Å²) in [5.74, 6) is 1.43. The highest BCUT2D eigenvalue weighted by Crippen LogP contribution is 2.35. The van der Waals surface area contributed by atoms with Gasteiger partial charge in [-0.25, -0.2) is 0 Å². The van der Waals surface area contributed by atoms with Crippen molar-refractivity contribution in [2.24, 2.45) is 0 Å². The molecule has 0 amide bonds. The normalized spacial score (nSPS) is 10.6. The van der Waals surface area contributed by atoms with Crippen LogP contribution in [0.25, 0.3) is 0 Å². The number of benzene rings is 3. The van der Waals surface area contributed by atoms with E-state index in [0.29, 0.717) is 23.9 Å². The molecule has 0 saturated carbocycles. The molecule has 0 heterocycles. The van der Waals surface area contributed by atoms with Crippen LogP contribution in [0.5, 0.6) is 11.5 Å². The maximum atomic E-state index is 6.20. The molecule has 3 aromatic carbocycles. The maximum absolute atomic E-state index is 6.20. The van der Waals surface area contributed by atoms with E-state index < -0.39 is 0 Å². The Morgan fingerprint density at radius 2 is 1.79 bits per heavy atom.